The van der Waals surface area contributed by atoms with Crippen molar-refractivity contribution >= 4 is 56.5 Å². The molecule has 0 spiro atoms. The van der Waals surface area contributed by atoms with Crippen molar-refractivity contribution in [2.45, 2.75) is 6.61 Å². The molecule has 0 aliphatic carbocycles. The molecule has 0 atom stereocenters. The van der Waals surface area contributed by atoms with E-state index in [9.17, 15) is 4.79 Å². The third-order valence-corrected chi connectivity index (χ3v) is 4.85. The van der Waals surface area contributed by atoms with Crippen molar-refractivity contribution in [2.75, 3.05) is 25.0 Å². The molecule has 3 aromatic rings. The molecule has 0 aliphatic rings. The number of nitrogens with zero attached hydrogens (tertiary/aromatic N) is 2. The first-order chi connectivity index (χ1) is 12.6. The van der Waals surface area contributed by atoms with Gasteiger partial charge in [0.15, 0.2) is 0 Å². The van der Waals surface area contributed by atoms with E-state index in [-0.39, 0.29) is 12.5 Å². The summed E-state index contributed by atoms with van der Waals surface area (Å²) < 4.78 is 6.53. The lowest BCUT2D eigenvalue weighted by Crippen LogP contribution is -2.31. The zero-order chi connectivity index (χ0) is 18.4. The Labute approximate surface area is 164 Å². The van der Waals surface area contributed by atoms with E-state index in [0.29, 0.717) is 35.6 Å². The van der Waals surface area contributed by atoms with Crippen molar-refractivity contribution in [3.05, 3.63) is 51.6 Å². The van der Waals surface area contributed by atoms with E-state index in [1.807, 2.05) is 24.3 Å². The second-order valence-electron chi connectivity index (χ2n) is 5.33. The number of aromatic nitrogens is 2. The molecule has 0 saturated heterocycles. The quantitative estimate of drug-likeness (QED) is 0.553. The predicted octanol–water partition coefficient (Wildman–Crippen LogP) is 3.74. The van der Waals surface area contributed by atoms with Crippen molar-refractivity contribution in [2.24, 2.45) is 0 Å². The number of hydrogen-bond donors (Lipinski definition) is 2. The number of benzene rings is 1. The smallest absolute Gasteiger partial charge is 0.246 e. The fourth-order valence-electron chi connectivity index (χ4n) is 2.19. The van der Waals surface area contributed by atoms with E-state index < -0.39 is 0 Å². The molecule has 0 fully saturated rings. The van der Waals surface area contributed by atoms with Gasteiger partial charge in [-0.2, -0.15) is 0 Å². The highest BCUT2D eigenvalue weighted by molar-refractivity contribution is 7.18. The summed E-state index contributed by atoms with van der Waals surface area (Å²) in [7, 11) is 0. The normalized spacial score (nSPS) is 10.8. The molecular weight excluding hydrogens is 395 g/mol. The fraction of sp³-hybridized carbons (Fsp3) is 0.235. The number of carbonyl (C=O) groups excluding carboxylic acids is 1. The van der Waals surface area contributed by atoms with Gasteiger partial charge in [0.05, 0.1) is 26.9 Å². The Morgan fingerprint density at radius 3 is 2.88 bits per heavy atom. The van der Waals surface area contributed by atoms with Crippen LogP contribution >= 0.6 is 34.5 Å². The molecule has 0 saturated carbocycles. The minimum Gasteiger partial charge on any atom is -0.367 e. The molecule has 0 unspecified atom stereocenters. The van der Waals surface area contributed by atoms with Crippen molar-refractivity contribution in [3.63, 3.8) is 0 Å². The van der Waals surface area contributed by atoms with E-state index in [1.54, 1.807) is 17.4 Å². The predicted molar refractivity (Wildman–Crippen MR) is 105 cm³/mol. The lowest BCUT2D eigenvalue weighted by atomic mass is 10.3. The number of hydrogen-bond acceptors (Lipinski definition) is 6. The van der Waals surface area contributed by atoms with Gasteiger partial charge in [-0.25, -0.2) is 9.97 Å². The van der Waals surface area contributed by atoms with Crippen LogP contribution in [-0.4, -0.2) is 35.6 Å². The van der Waals surface area contributed by atoms with Gasteiger partial charge in [-0.1, -0.05) is 35.3 Å². The first-order valence-corrected chi connectivity index (χ1v) is 9.43. The lowest BCUT2D eigenvalue weighted by molar-refractivity contribution is -0.126. The van der Waals surface area contributed by atoms with E-state index in [2.05, 4.69) is 20.6 Å². The molecule has 1 aromatic carbocycles. The molecule has 1 amide bonds. The first-order valence-electron chi connectivity index (χ1n) is 7.85. The minimum atomic E-state index is -0.192. The highest BCUT2D eigenvalue weighted by Gasteiger charge is 2.06. The number of ether oxygens (including phenoxy) is 1. The summed E-state index contributed by atoms with van der Waals surface area (Å²) in [6.45, 7) is 1.20. The number of para-hydroxylation sites is 1. The van der Waals surface area contributed by atoms with E-state index >= 15 is 0 Å². The fourth-order valence-corrected chi connectivity index (χ4v) is 3.54. The Bertz CT molecular complexity index is 870. The number of carbonyl (C=O) groups is 1. The van der Waals surface area contributed by atoms with Gasteiger partial charge < -0.3 is 15.4 Å². The number of amides is 1. The van der Waals surface area contributed by atoms with Crippen molar-refractivity contribution < 1.29 is 9.53 Å². The minimum absolute atomic E-state index is 0.0180. The average molecular weight is 411 g/mol. The second-order valence-corrected chi connectivity index (χ2v) is 7.29. The molecule has 26 heavy (non-hydrogen) atoms. The second kappa shape index (κ2) is 9.14. The number of fused-ring (bicyclic) bond motifs is 1. The molecular formula is C17H16Cl2N4O2S. The Hall–Kier alpha value is -1.93. The molecule has 136 valence electrons. The van der Waals surface area contributed by atoms with Crippen LogP contribution in [0.2, 0.25) is 10.0 Å². The topological polar surface area (TPSA) is 76.1 Å². The summed E-state index contributed by atoms with van der Waals surface area (Å²) in [5.41, 5.74) is 0.945. The van der Waals surface area contributed by atoms with Gasteiger partial charge in [-0.3, -0.25) is 4.79 Å². The van der Waals surface area contributed by atoms with Crippen LogP contribution in [0.1, 0.15) is 5.01 Å². The van der Waals surface area contributed by atoms with Crippen LogP contribution in [0.15, 0.2) is 36.5 Å². The molecule has 3 rings (SSSR count). The van der Waals surface area contributed by atoms with Gasteiger partial charge in [0, 0.05) is 19.3 Å². The maximum absolute atomic E-state index is 11.8. The summed E-state index contributed by atoms with van der Waals surface area (Å²) in [6.07, 6.45) is 1.50. The number of nitrogens with one attached hydrogen (secondary N) is 2. The zero-order valence-electron chi connectivity index (χ0n) is 13.7. The molecule has 2 heterocycles. The highest BCUT2D eigenvalue weighted by atomic mass is 35.5. The Morgan fingerprint density at radius 2 is 2.08 bits per heavy atom. The summed E-state index contributed by atoms with van der Waals surface area (Å²) in [4.78, 5) is 20.3. The summed E-state index contributed by atoms with van der Waals surface area (Å²) in [5, 5.41) is 7.54. The Balaban J connectivity index is 1.34. The monoisotopic (exact) mass is 410 g/mol. The van der Waals surface area contributed by atoms with Gasteiger partial charge in [-0.05, 0) is 18.2 Å². The van der Waals surface area contributed by atoms with Crippen LogP contribution in [-0.2, 0) is 16.1 Å². The summed E-state index contributed by atoms with van der Waals surface area (Å²) in [6, 6.07) is 9.49. The molecule has 6 nitrogen and oxygen atoms in total. The van der Waals surface area contributed by atoms with E-state index in [1.165, 1.54) is 6.20 Å². The number of halogens is 2. The molecule has 0 aliphatic heterocycles. The van der Waals surface area contributed by atoms with Gasteiger partial charge >= 0.3 is 0 Å². The Kier molecular flexibility index (Phi) is 6.62. The largest absolute Gasteiger partial charge is 0.367 e. The Morgan fingerprint density at radius 1 is 1.23 bits per heavy atom. The molecule has 0 radical (unpaired) electrons. The van der Waals surface area contributed by atoms with Gasteiger partial charge in [0.1, 0.15) is 17.4 Å². The highest BCUT2D eigenvalue weighted by Crippen LogP contribution is 2.22. The van der Waals surface area contributed by atoms with Crippen molar-refractivity contribution in [1.29, 1.82) is 0 Å². The van der Waals surface area contributed by atoms with Gasteiger partial charge in [-0.15, -0.1) is 11.3 Å². The maximum atomic E-state index is 11.8. The molecule has 2 aromatic heterocycles. The van der Waals surface area contributed by atoms with Crippen LogP contribution < -0.4 is 10.6 Å². The average Bonchev–Trinajstić information content (AvgIpc) is 3.03. The third kappa shape index (κ3) is 5.28. The molecule has 2 N–H and O–H groups in total. The lowest BCUT2D eigenvalue weighted by Gasteiger charge is -2.09. The van der Waals surface area contributed by atoms with Gasteiger partial charge in [0.25, 0.3) is 0 Å². The van der Waals surface area contributed by atoms with Crippen LogP contribution in [0.4, 0.5) is 5.82 Å². The number of thiazole rings is 1. The first kappa shape index (κ1) is 18.8. The molecule has 9 heteroatoms. The summed E-state index contributed by atoms with van der Waals surface area (Å²) >= 11 is 13.4. The van der Waals surface area contributed by atoms with Crippen molar-refractivity contribution in [3.8, 4) is 0 Å². The third-order valence-electron chi connectivity index (χ3n) is 3.34. The van der Waals surface area contributed by atoms with Crippen molar-refractivity contribution in [1.82, 2.24) is 15.3 Å². The maximum Gasteiger partial charge on any atom is 0.246 e. The zero-order valence-corrected chi connectivity index (χ0v) is 16.0. The summed E-state index contributed by atoms with van der Waals surface area (Å²) in [5.74, 6) is 0.334. The van der Waals surface area contributed by atoms with E-state index in [0.717, 1.165) is 15.2 Å². The standard InChI is InChI=1S/C17H16Cl2N4O2S/c18-11-7-12(19)17(22-8-11)21-6-5-20-15(24)9-25-10-16-23-13-3-1-2-4-14(13)26-16/h1-4,7-8H,5-6,9-10H2,(H,20,24)(H,21,22). The number of pyridine rings is 1. The van der Waals surface area contributed by atoms with Gasteiger partial charge in [0.2, 0.25) is 5.91 Å². The van der Waals surface area contributed by atoms with Crippen LogP contribution in [0.25, 0.3) is 10.2 Å². The SMILES string of the molecule is O=C(COCc1nc2ccccc2s1)NCCNc1ncc(Cl)cc1Cl. The number of rotatable bonds is 8. The van der Waals surface area contributed by atoms with Crippen LogP contribution in [0.5, 0.6) is 0 Å². The molecule has 0 bridgehead atoms. The number of anilines is 1. The van der Waals surface area contributed by atoms with Crippen LogP contribution in [0, 0.1) is 0 Å². The van der Waals surface area contributed by atoms with E-state index in [4.69, 9.17) is 27.9 Å². The van der Waals surface area contributed by atoms with Crippen LogP contribution in [0.3, 0.4) is 0 Å².